The van der Waals surface area contributed by atoms with Crippen molar-refractivity contribution in [3.05, 3.63) is 60.4 Å². The predicted octanol–water partition coefficient (Wildman–Crippen LogP) is 3.87. The number of nitrogens with zero attached hydrogens (tertiary/aromatic N) is 4. The van der Waals surface area contributed by atoms with Crippen molar-refractivity contribution in [1.82, 2.24) is 25.0 Å². The van der Waals surface area contributed by atoms with E-state index in [0.717, 1.165) is 12.2 Å². The molecular formula is C23H28FN5OS. The molecule has 0 spiro atoms. The fraction of sp³-hybridized carbons (Fsp3) is 0.348. The summed E-state index contributed by atoms with van der Waals surface area (Å²) in [7, 11) is 4.03. The van der Waals surface area contributed by atoms with E-state index < -0.39 is 0 Å². The molecule has 3 aromatic rings. The van der Waals surface area contributed by atoms with Gasteiger partial charge in [-0.3, -0.25) is 9.36 Å². The first kappa shape index (κ1) is 23.0. The Kier molecular flexibility index (Phi) is 7.46. The molecule has 1 heterocycles. The van der Waals surface area contributed by atoms with Gasteiger partial charge in [0.1, 0.15) is 5.82 Å². The van der Waals surface area contributed by atoms with E-state index in [0.29, 0.717) is 23.1 Å². The van der Waals surface area contributed by atoms with Crippen molar-refractivity contribution in [2.24, 2.45) is 5.41 Å². The third-order valence-corrected chi connectivity index (χ3v) is 5.53. The molecule has 0 saturated carbocycles. The summed E-state index contributed by atoms with van der Waals surface area (Å²) in [4.78, 5) is 14.6. The summed E-state index contributed by atoms with van der Waals surface area (Å²) in [6.45, 7) is 5.69. The zero-order chi connectivity index (χ0) is 22.4. The second-order valence-corrected chi connectivity index (χ2v) is 9.37. The van der Waals surface area contributed by atoms with Gasteiger partial charge in [-0.1, -0.05) is 55.9 Å². The highest BCUT2D eigenvalue weighted by Crippen LogP contribution is 2.29. The monoisotopic (exact) mass is 441 g/mol. The van der Waals surface area contributed by atoms with Crippen molar-refractivity contribution in [2.75, 3.05) is 32.9 Å². The number of benzene rings is 2. The van der Waals surface area contributed by atoms with Crippen LogP contribution < -0.4 is 5.32 Å². The number of aromatic nitrogens is 3. The van der Waals surface area contributed by atoms with Crippen LogP contribution in [0.4, 0.5) is 4.39 Å². The first-order valence-electron chi connectivity index (χ1n) is 10.1. The standard InChI is InChI=1S/C23H28FN5OS/c1-23(2,16-28(3)4)15-25-20(30)14-31-22-27-26-21(18-12-8-9-13-19(18)24)29(22)17-10-6-5-7-11-17/h5-13H,14-16H2,1-4H3,(H,25,30). The van der Waals surface area contributed by atoms with Gasteiger partial charge in [0.05, 0.1) is 11.3 Å². The van der Waals surface area contributed by atoms with Gasteiger partial charge in [-0.15, -0.1) is 10.2 Å². The van der Waals surface area contributed by atoms with E-state index in [-0.39, 0.29) is 22.9 Å². The maximum atomic E-state index is 14.4. The van der Waals surface area contributed by atoms with Gasteiger partial charge in [-0.2, -0.15) is 0 Å². The van der Waals surface area contributed by atoms with Crippen LogP contribution in [0.3, 0.4) is 0 Å². The molecule has 0 fully saturated rings. The van der Waals surface area contributed by atoms with Crippen molar-refractivity contribution in [3.8, 4) is 17.1 Å². The maximum Gasteiger partial charge on any atom is 0.230 e. The third-order valence-electron chi connectivity index (χ3n) is 4.60. The van der Waals surface area contributed by atoms with Crippen molar-refractivity contribution in [3.63, 3.8) is 0 Å². The summed E-state index contributed by atoms with van der Waals surface area (Å²) in [5.74, 6) is 0.149. The molecule has 6 nitrogen and oxygen atoms in total. The number of carbonyl (C=O) groups is 1. The topological polar surface area (TPSA) is 63.1 Å². The third kappa shape index (κ3) is 6.15. The van der Waals surface area contributed by atoms with E-state index in [1.54, 1.807) is 22.8 Å². The van der Waals surface area contributed by atoms with Gasteiger partial charge in [0.15, 0.2) is 11.0 Å². The molecule has 31 heavy (non-hydrogen) atoms. The Labute approximate surface area is 186 Å². The molecule has 0 radical (unpaired) electrons. The Balaban J connectivity index is 1.78. The minimum Gasteiger partial charge on any atom is -0.355 e. The van der Waals surface area contributed by atoms with Crippen LogP contribution in [0.15, 0.2) is 59.8 Å². The Morgan fingerprint density at radius 3 is 2.45 bits per heavy atom. The molecule has 0 saturated heterocycles. The lowest BCUT2D eigenvalue weighted by Gasteiger charge is -2.28. The average Bonchev–Trinajstić information content (AvgIpc) is 3.14. The largest absolute Gasteiger partial charge is 0.355 e. The van der Waals surface area contributed by atoms with Crippen LogP contribution in [0.5, 0.6) is 0 Å². The molecule has 0 aliphatic rings. The number of hydrogen-bond acceptors (Lipinski definition) is 5. The van der Waals surface area contributed by atoms with E-state index >= 15 is 0 Å². The summed E-state index contributed by atoms with van der Waals surface area (Å²) in [5.41, 5.74) is 1.13. The SMILES string of the molecule is CN(C)CC(C)(C)CNC(=O)CSc1nnc(-c2ccccc2F)n1-c1ccccc1. The fourth-order valence-corrected chi connectivity index (χ4v) is 4.20. The molecule has 0 atom stereocenters. The van der Waals surface area contributed by atoms with Gasteiger partial charge in [0, 0.05) is 18.8 Å². The Hall–Kier alpha value is -2.71. The van der Waals surface area contributed by atoms with Crippen LogP contribution in [0.1, 0.15) is 13.8 Å². The minimum atomic E-state index is -0.371. The van der Waals surface area contributed by atoms with Crippen LogP contribution in [-0.4, -0.2) is 58.5 Å². The average molecular weight is 442 g/mol. The zero-order valence-electron chi connectivity index (χ0n) is 18.3. The summed E-state index contributed by atoms with van der Waals surface area (Å²) < 4.78 is 16.2. The van der Waals surface area contributed by atoms with Crippen molar-refractivity contribution < 1.29 is 9.18 Å². The smallest absolute Gasteiger partial charge is 0.230 e. The van der Waals surface area contributed by atoms with Gasteiger partial charge in [0.25, 0.3) is 0 Å². The lowest BCUT2D eigenvalue weighted by molar-refractivity contribution is -0.119. The summed E-state index contributed by atoms with van der Waals surface area (Å²) in [6.07, 6.45) is 0. The zero-order valence-corrected chi connectivity index (χ0v) is 19.1. The number of thioether (sulfide) groups is 1. The molecule has 0 aliphatic carbocycles. The molecule has 2 aromatic carbocycles. The highest BCUT2D eigenvalue weighted by Gasteiger charge is 2.22. The maximum absolute atomic E-state index is 14.4. The molecule has 1 amide bonds. The van der Waals surface area contributed by atoms with E-state index in [2.05, 4.69) is 34.3 Å². The van der Waals surface area contributed by atoms with Crippen molar-refractivity contribution >= 4 is 17.7 Å². The fourth-order valence-electron chi connectivity index (χ4n) is 3.42. The lowest BCUT2D eigenvalue weighted by Crippen LogP contribution is -2.40. The van der Waals surface area contributed by atoms with Crippen LogP contribution in [0.2, 0.25) is 0 Å². The molecule has 1 N–H and O–H groups in total. The van der Waals surface area contributed by atoms with Crippen LogP contribution in [0.25, 0.3) is 17.1 Å². The second kappa shape index (κ2) is 10.1. The van der Waals surface area contributed by atoms with E-state index in [1.165, 1.54) is 17.8 Å². The molecule has 3 rings (SSSR count). The second-order valence-electron chi connectivity index (χ2n) is 8.42. The Morgan fingerprint density at radius 2 is 1.77 bits per heavy atom. The van der Waals surface area contributed by atoms with Gasteiger partial charge in [0.2, 0.25) is 5.91 Å². The predicted molar refractivity (Wildman–Crippen MR) is 123 cm³/mol. The normalized spacial score (nSPS) is 11.7. The molecule has 1 aromatic heterocycles. The minimum absolute atomic E-state index is 0.0358. The van der Waals surface area contributed by atoms with Gasteiger partial charge < -0.3 is 10.2 Å². The van der Waals surface area contributed by atoms with Crippen molar-refractivity contribution in [2.45, 2.75) is 19.0 Å². The number of amides is 1. The lowest BCUT2D eigenvalue weighted by atomic mass is 9.93. The molecule has 0 bridgehead atoms. The Morgan fingerprint density at radius 1 is 1.10 bits per heavy atom. The van der Waals surface area contributed by atoms with Crippen LogP contribution in [-0.2, 0) is 4.79 Å². The van der Waals surface area contributed by atoms with Crippen LogP contribution in [0, 0.1) is 11.2 Å². The number of nitrogens with one attached hydrogen (secondary N) is 1. The van der Waals surface area contributed by atoms with Crippen molar-refractivity contribution in [1.29, 1.82) is 0 Å². The van der Waals surface area contributed by atoms with Gasteiger partial charge in [-0.25, -0.2) is 4.39 Å². The quantitative estimate of drug-likeness (QED) is 0.511. The number of para-hydroxylation sites is 1. The summed E-state index contributed by atoms with van der Waals surface area (Å²) >= 11 is 1.28. The molecule has 164 valence electrons. The van der Waals surface area contributed by atoms with E-state index in [4.69, 9.17) is 0 Å². The van der Waals surface area contributed by atoms with E-state index in [1.807, 2.05) is 44.4 Å². The molecule has 0 unspecified atom stereocenters. The molecule has 8 heteroatoms. The number of carbonyl (C=O) groups excluding carboxylic acids is 1. The first-order valence-corrected chi connectivity index (χ1v) is 11.1. The number of rotatable bonds is 9. The van der Waals surface area contributed by atoms with Gasteiger partial charge >= 0.3 is 0 Å². The molecular weight excluding hydrogens is 413 g/mol. The number of halogens is 1. The van der Waals surface area contributed by atoms with Crippen LogP contribution >= 0.6 is 11.8 Å². The highest BCUT2D eigenvalue weighted by atomic mass is 32.2. The first-order chi connectivity index (χ1) is 14.8. The van der Waals surface area contributed by atoms with E-state index in [9.17, 15) is 9.18 Å². The molecule has 0 aliphatic heterocycles. The summed E-state index contributed by atoms with van der Waals surface area (Å²) in [5, 5.41) is 12.0. The Bertz CT molecular complexity index is 1020. The number of hydrogen-bond donors (Lipinski definition) is 1. The van der Waals surface area contributed by atoms with Gasteiger partial charge in [-0.05, 0) is 43.8 Å². The summed E-state index contributed by atoms with van der Waals surface area (Å²) in [6, 6.07) is 16.0. The highest BCUT2D eigenvalue weighted by molar-refractivity contribution is 7.99.